The molecule has 0 aromatic heterocycles. The standard InChI is InChI=1S/C11H16N3O5PS/c1-6(4-13-5-15)9(12)14-10-7(16)8(19-20(17)21)11(2,3)18-10/h4-5,10H,1-3H3,(H4-,12,13,14,15,16,17,21)/p+1/t10-/m1/s1. The number of carbonyl (C=O) groups excluding carboxylic acids is 1. The Hall–Kier alpha value is -1.57. The van der Waals surface area contributed by atoms with Crippen molar-refractivity contribution in [1.82, 2.24) is 5.32 Å². The molecule has 1 aliphatic heterocycles. The van der Waals surface area contributed by atoms with Gasteiger partial charge < -0.3 is 20.9 Å². The molecule has 116 valence electrons. The summed E-state index contributed by atoms with van der Waals surface area (Å²) in [6.07, 6.45) is 0.755. The Bertz CT molecular complexity index is 544. The maximum Gasteiger partial charge on any atom is 0.631 e. The molecule has 8 nitrogen and oxygen atoms in total. The lowest BCUT2D eigenvalue weighted by atomic mass is 10.1. The highest BCUT2D eigenvalue weighted by molar-refractivity contribution is 8.39. The Labute approximate surface area is 128 Å². The van der Waals surface area contributed by atoms with Crippen molar-refractivity contribution in [2.45, 2.75) is 32.6 Å². The largest absolute Gasteiger partial charge is 0.631 e. The number of aliphatic hydroxyl groups is 1. The van der Waals surface area contributed by atoms with Crippen LogP contribution in [-0.4, -0.2) is 29.2 Å². The van der Waals surface area contributed by atoms with Gasteiger partial charge in [-0.3, -0.25) is 4.79 Å². The molecule has 0 radical (unpaired) electrons. The van der Waals surface area contributed by atoms with Crippen LogP contribution in [-0.2, 0) is 18.6 Å². The second-order valence-corrected chi connectivity index (χ2v) is 6.29. The van der Waals surface area contributed by atoms with Crippen molar-refractivity contribution in [2.75, 3.05) is 0 Å². The van der Waals surface area contributed by atoms with Gasteiger partial charge in [0.05, 0.1) is 0 Å². The number of thiol groups is 1. The molecular weight excluding hydrogens is 317 g/mol. The van der Waals surface area contributed by atoms with Crippen molar-refractivity contribution in [2.24, 2.45) is 10.7 Å². The number of carbonyl (C=O) groups is 1. The Kier molecular flexibility index (Phi) is 5.77. The van der Waals surface area contributed by atoms with Crippen LogP contribution in [0.2, 0.25) is 0 Å². The van der Waals surface area contributed by atoms with Gasteiger partial charge in [-0.2, -0.15) is 0 Å². The third-order valence-corrected chi connectivity index (χ3v) is 3.20. The van der Waals surface area contributed by atoms with Crippen LogP contribution < -0.4 is 11.1 Å². The van der Waals surface area contributed by atoms with Crippen LogP contribution in [0.4, 0.5) is 0 Å². The quantitative estimate of drug-likeness (QED) is 0.192. The molecule has 0 saturated heterocycles. The SMILES string of the molecule is C/C(=C/NC=O)C(N)=N[C@@H]1OC(C)(C)C(O[P+](=O)S)=C1O. The van der Waals surface area contributed by atoms with Crippen molar-refractivity contribution < 1.29 is 23.7 Å². The van der Waals surface area contributed by atoms with Crippen molar-refractivity contribution in [3.05, 3.63) is 23.3 Å². The fraction of sp³-hybridized carbons (Fsp3) is 0.455. The van der Waals surface area contributed by atoms with Gasteiger partial charge in [0, 0.05) is 11.8 Å². The predicted octanol–water partition coefficient (Wildman–Crippen LogP) is 1.50. The molecule has 1 aliphatic rings. The molecule has 1 rings (SSSR count). The number of amidine groups is 1. The molecule has 1 amide bonds. The van der Waals surface area contributed by atoms with Crippen LogP contribution >= 0.6 is 19.5 Å². The minimum absolute atomic E-state index is 0.00666. The average molecular weight is 334 g/mol. The summed E-state index contributed by atoms with van der Waals surface area (Å²) < 4.78 is 21.5. The molecule has 0 saturated carbocycles. The number of hydrogen-bond acceptors (Lipinski definition) is 6. The van der Waals surface area contributed by atoms with Gasteiger partial charge in [0.1, 0.15) is 11.4 Å². The van der Waals surface area contributed by atoms with E-state index in [-0.39, 0.29) is 17.4 Å². The average Bonchev–Trinajstić information content (AvgIpc) is 2.58. The van der Waals surface area contributed by atoms with Gasteiger partial charge in [-0.05, 0) is 25.3 Å². The highest BCUT2D eigenvalue weighted by Crippen LogP contribution is 2.42. The van der Waals surface area contributed by atoms with Gasteiger partial charge in [0.25, 0.3) is 0 Å². The molecular formula is C11H17N3O5PS+. The summed E-state index contributed by atoms with van der Waals surface area (Å²) in [6.45, 7) is 4.86. The summed E-state index contributed by atoms with van der Waals surface area (Å²) in [7, 11) is -2.25. The number of nitrogens with one attached hydrogen (secondary N) is 1. The fourth-order valence-electron chi connectivity index (χ4n) is 1.59. The van der Waals surface area contributed by atoms with Crippen LogP contribution in [0.25, 0.3) is 0 Å². The minimum Gasteiger partial charge on any atom is -0.505 e. The van der Waals surface area contributed by atoms with Crippen LogP contribution in [0.3, 0.4) is 0 Å². The van der Waals surface area contributed by atoms with Crippen LogP contribution in [0.1, 0.15) is 20.8 Å². The number of rotatable bonds is 6. The zero-order chi connectivity index (χ0) is 16.2. The Balaban J connectivity index is 3.03. The van der Waals surface area contributed by atoms with E-state index in [1.54, 1.807) is 20.8 Å². The number of nitrogens with zero attached hydrogens (tertiary/aromatic N) is 1. The normalized spacial score (nSPS) is 23.0. The van der Waals surface area contributed by atoms with Crippen LogP contribution in [0.5, 0.6) is 0 Å². The van der Waals surface area contributed by atoms with Gasteiger partial charge in [0.2, 0.25) is 18.4 Å². The van der Waals surface area contributed by atoms with Gasteiger partial charge in [0.15, 0.2) is 18.0 Å². The van der Waals surface area contributed by atoms with Gasteiger partial charge in [-0.1, -0.05) is 0 Å². The van der Waals surface area contributed by atoms with Crippen molar-refractivity contribution in [1.29, 1.82) is 0 Å². The van der Waals surface area contributed by atoms with E-state index >= 15 is 0 Å². The van der Waals surface area contributed by atoms with Gasteiger partial charge in [-0.25, -0.2) is 9.52 Å². The second kappa shape index (κ2) is 6.93. The molecule has 0 fully saturated rings. The zero-order valence-electron chi connectivity index (χ0n) is 11.7. The molecule has 0 spiro atoms. The van der Waals surface area contributed by atoms with E-state index in [1.165, 1.54) is 6.20 Å². The Morgan fingerprint density at radius 3 is 2.81 bits per heavy atom. The number of nitrogens with two attached hydrogens (primary N) is 1. The van der Waals surface area contributed by atoms with E-state index in [9.17, 15) is 14.5 Å². The van der Waals surface area contributed by atoms with Gasteiger partial charge >= 0.3 is 7.23 Å². The molecule has 10 heteroatoms. The molecule has 1 heterocycles. The molecule has 2 atom stereocenters. The van der Waals surface area contributed by atoms with Gasteiger partial charge in [-0.15, -0.1) is 0 Å². The summed E-state index contributed by atoms with van der Waals surface area (Å²) in [4.78, 5) is 14.2. The summed E-state index contributed by atoms with van der Waals surface area (Å²) in [6, 6.07) is 0. The number of aliphatic hydroxyl groups excluding tert-OH is 1. The molecule has 4 N–H and O–H groups in total. The minimum atomic E-state index is -2.25. The number of amides is 1. The molecule has 0 aromatic carbocycles. The summed E-state index contributed by atoms with van der Waals surface area (Å²) >= 11 is 3.64. The maximum absolute atomic E-state index is 11.1. The van der Waals surface area contributed by atoms with Crippen molar-refractivity contribution in [3.8, 4) is 0 Å². The van der Waals surface area contributed by atoms with Crippen LogP contribution in [0.15, 0.2) is 28.3 Å². The zero-order valence-corrected chi connectivity index (χ0v) is 13.5. The van der Waals surface area contributed by atoms with Crippen molar-refractivity contribution in [3.63, 3.8) is 0 Å². The lowest BCUT2D eigenvalue weighted by molar-refractivity contribution is -0.108. The van der Waals surface area contributed by atoms with E-state index in [0.29, 0.717) is 12.0 Å². The molecule has 21 heavy (non-hydrogen) atoms. The highest BCUT2D eigenvalue weighted by Gasteiger charge is 2.46. The second-order valence-electron chi connectivity index (χ2n) is 4.65. The first-order valence-corrected chi connectivity index (χ1v) is 8.17. The number of ether oxygens (including phenoxy) is 1. The molecule has 0 bridgehead atoms. The highest BCUT2D eigenvalue weighted by atomic mass is 32.7. The lowest BCUT2D eigenvalue weighted by Crippen LogP contribution is -2.26. The fourth-order valence-corrected chi connectivity index (χ4v) is 2.31. The maximum atomic E-state index is 11.1. The van der Waals surface area contributed by atoms with E-state index in [1.807, 2.05) is 0 Å². The van der Waals surface area contributed by atoms with Crippen LogP contribution in [0, 0.1) is 0 Å². The first-order valence-electron chi connectivity index (χ1n) is 5.84. The smallest absolute Gasteiger partial charge is 0.505 e. The first-order chi connectivity index (χ1) is 9.69. The third-order valence-electron chi connectivity index (χ3n) is 2.62. The molecule has 0 aromatic rings. The summed E-state index contributed by atoms with van der Waals surface area (Å²) in [5.41, 5.74) is 5.19. The number of hydrogen-bond donors (Lipinski definition) is 4. The summed E-state index contributed by atoms with van der Waals surface area (Å²) in [5.74, 6) is -0.266. The Morgan fingerprint density at radius 2 is 2.29 bits per heavy atom. The van der Waals surface area contributed by atoms with E-state index in [2.05, 4.69) is 22.6 Å². The Morgan fingerprint density at radius 1 is 1.67 bits per heavy atom. The lowest BCUT2D eigenvalue weighted by Gasteiger charge is -2.18. The van der Waals surface area contributed by atoms with E-state index in [4.69, 9.17) is 15.0 Å². The van der Waals surface area contributed by atoms with Crippen molar-refractivity contribution >= 4 is 31.7 Å². The third kappa shape index (κ3) is 4.45. The first kappa shape index (κ1) is 17.5. The summed E-state index contributed by atoms with van der Waals surface area (Å²) in [5, 5.41) is 12.4. The van der Waals surface area contributed by atoms with E-state index in [0.717, 1.165) is 0 Å². The topological polar surface area (TPSA) is 123 Å². The molecule has 0 aliphatic carbocycles. The molecule has 1 unspecified atom stereocenters. The monoisotopic (exact) mass is 334 g/mol. The predicted molar refractivity (Wildman–Crippen MR) is 80.9 cm³/mol. The number of aliphatic imine (C=N–C) groups is 1. The van der Waals surface area contributed by atoms with E-state index < -0.39 is 19.1 Å².